The Balaban J connectivity index is 1.92. The van der Waals surface area contributed by atoms with Crippen molar-refractivity contribution in [3.63, 3.8) is 0 Å². The van der Waals surface area contributed by atoms with Gasteiger partial charge in [-0.3, -0.25) is 0 Å². The van der Waals surface area contributed by atoms with Crippen LogP contribution in [0.2, 0.25) is 0 Å². The molecule has 1 heteroatoms. The van der Waals surface area contributed by atoms with Gasteiger partial charge in [0, 0.05) is 15.6 Å². The lowest BCUT2D eigenvalue weighted by Crippen LogP contribution is -1.83. The van der Waals surface area contributed by atoms with Gasteiger partial charge in [-0.1, -0.05) is 78.6 Å². The summed E-state index contributed by atoms with van der Waals surface area (Å²) in [5.74, 6) is 6.72. The van der Waals surface area contributed by atoms with Gasteiger partial charge in [-0.05, 0) is 49.6 Å². The highest BCUT2D eigenvalue weighted by molar-refractivity contribution is 9.10. The molecule has 0 heterocycles. The average Bonchev–Trinajstić information content (AvgIpc) is 2.61. The van der Waals surface area contributed by atoms with E-state index in [1.54, 1.807) is 0 Å². The van der Waals surface area contributed by atoms with E-state index in [9.17, 15) is 0 Å². The molecule has 0 saturated heterocycles. The van der Waals surface area contributed by atoms with Gasteiger partial charge in [0.05, 0.1) is 0 Å². The Hall–Kier alpha value is -2.56. The molecule has 0 spiro atoms. The summed E-state index contributed by atoms with van der Waals surface area (Å²) in [4.78, 5) is 0. The summed E-state index contributed by atoms with van der Waals surface area (Å²) >= 11 is 3.64. The van der Waals surface area contributed by atoms with Crippen LogP contribution in [0.1, 0.15) is 11.1 Å². The molecule has 0 bridgehead atoms. The van der Waals surface area contributed by atoms with E-state index in [1.807, 2.05) is 0 Å². The summed E-state index contributed by atoms with van der Waals surface area (Å²) in [7, 11) is 0. The zero-order valence-electron chi connectivity index (χ0n) is 12.4. The molecule has 108 valence electrons. The van der Waals surface area contributed by atoms with Gasteiger partial charge in [-0.2, -0.15) is 0 Å². The monoisotopic (exact) mass is 356 g/mol. The van der Waals surface area contributed by atoms with Crippen molar-refractivity contribution in [2.24, 2.45) is 0 Å². The first-order valence-corrected chi connectivity index (χ1v) is 8.29. The summed E-state index contributed by atoms with van der Waals surface area (Å²) < 4.78 is 1.03. The van der Waals surface area contributed by atoms with E-state index >= 15 is 0 Å². The van der Waals surface area contributed by atoms with Gasteiger partial charge >= 0.3 is 0 Å². The molecule has 0 aliphatic rings. The molecule has 0 fully saturated rings. The fourth-order valence-electron chi connectivity index (χ4n) is 2.84. The van der Waals surface area contributed by atoms with Gasteiger partial charge in [0.2, 0.25) is 0 Å². The average molecular weight is 357 g/mol. The molecule has 0 N–H and O–H groups in total. The first-order valence-electron chi connectivity index (χ1n) is 7.50. The first kappa shape index (κ1) is 14.1. The number of fused-ring (bicyclic) bond motifs is 2. The van der Waals surface area contributed by atoms with Crippen molar-refractivity contribution >= 4 is 37.5 Å². The summed E-state index contributed by atoms with van der Waals surface area (Å²) in [6.07, 6.45) is 0. The molecule has 4 aromatic rings. The molecule has 23 heavy (non-hydrogen) atoms. The Kier molecular flexibility index (Phi) is 3.61. The maximum atomic E-state index is 3.64. The quantitative estimate of drug-likeness (QED) is 0.331. The number of benzene rings is 4. The van der Waals surface area contributed by atoms with E-state index in [2.05, 4.69) is 107 Å². The van der Waals surface area contributed by atoms with E-state index in [-0.39, 0.29) is 0 Å². The van der Waals surface area contributed by atoms with Crippen LogP contribution in [0.15, 0.2) is 83.3 Å². The summed E-state index contributed by atoms with van der Waals surface area (Å²) in [5.41, 5.74) is 2.10. The maximum Gasteiger partial charge on any atom is 0.0469 e. The molecule has 0 aliphatic carbocycles. The second-order valence-corrected chi connectivity index (χ2v) is 6.27. The summed E-state index contributed by atoms with van der Waals surface area (Å²) in [6.45, 7) is 0. The van der Waals surface area contributed by atoms with E-state index in [1.165, 1.54) is 21.5 Å². The van der Waals surface area contributed by atoms with Crippen molar-refractivity contribution in [1.29, 1.82) is 0 Å². The number of halogens is 1. The molecular formula is C22H13Br. The lowest BCUT2D eigenvalue weighted by molar-refractivity contribution is 1.64. The molecule has 4 aromatic carbocycles. The van der Waals surface area contributed by atoms with Crippen LogP contribution in [0.5, 0.6) is 0 Å². The highest BCUT2D eigenvalue weighted by Crippen LogP contribution is 2.26. The first-order chi connectivity index (χ1) is 11.3. The minimum atomic E-state index is 1.03. The van der Waals surface area contributed by atoms with Crippen molar-refractivity contribution in [2.45, 2.75) is 0 Å². The minimum Gasteiger partial charge on any atom is -0.0616 e. The summed E-state index contributed by atoms with van der Waals surface area (Å²) in [6, 6.07) is 27.1. The SMILES string of the molecule is Brc1ccc2ccccc2c1C#Cc1cccc2ccccc12. The topological polar surface area (TPSA) is 0 Å². The number of hydrogen-bond acceptors (Lipinski definition) is 0. The third-order valence-corrected chi connectivity index (χ3v) is 4.65. The van der Waals surface area contributed by atoms with Crippen molar-refractivity contribution in [2.75, 3.05) is 0 Å². The zero-order chi connectivity index (χ0) is 15.6. The Labute approximate surface area is 143 Å². The zero-order valence-corrected chi connectivity index (χ0v) is 14.0. The predicted molar refractivity (Wildman–Crippen MR) is 102 cm³/mol. The third kappa shape index (κ3) is 2.63. The fourth-order valence-corrected chi connectivity index (χ4v) is 3.28. The standard InChI is InChI=1S/C22H13Br/c23-22-15-13-18-7-2-4-11-20(18)21(22)14-12-17-9-5-8-16-6-1-3-10-19(16)17/h1-11,13,15H. The van der Waals surface area contributed by atoms with Crippen LogP contribution in [-0.2, 0) is 0 Å². The van der Waals surface area contributed by atoms with Crippen LogP contribution in [0.3, 0.4) is 0 Å². The fraction of sp³-hybridized carbons (Fsp3) is 0. The van der Waals surface area contributed by atoms with Gasteiger partial charge in [0.1, 0.15) is 0 Å². The van der Waals surface area contributed by atoms with Crippen molar-refractivity contribution in [3.8, 4) is 11.8 Å². The van der Waals surface area contributed by atoms with Gasteiger partial charge < -0.3 is 0 Å². The molecule has 0 amide bonds. The van der Waals surface area contributed by atoms with E-state index in [0.717, 1.165) is 15.6 Å². The number of rotatable bonds is 0. The molecule has 0 aliphatic heterocycles. The Morgan fingerprint density at radius 1 is 0.565 bits per heavy atom. The van der Waals surface area contributed by atoms with Gasteiger partial charge in [0.15, 0.2) is 0 Å². The third-order valence-electron chi connectivity index (χ3n) is 3.99. The molecule has 0 unspecified atom stereocenters. The highest BCUT2D eigenvalue weighted by Gasteiger charge is 2.03. The van der Waals surface area contributed by atoms with E-state index < -0.39 is 0 Å². The Morgan fingerprint density at radius 2 is 1.22 bits per heavy atom. The van der Waals surface area contributed by atoms with Gasteiger partial charge in [0.25, 0.3) is 0 Å². The molecule has 0 saturated carbocycles. The van der Waals surface area contributed by atoms with E-state index in [0.29, 0.717) is 0 Å². The Morgan fingerprint density at radius 3 is 2.04 bits per heavy atom. The lowest BCUT2D eigenvalue weighted by Gasteiger charge is -2.03. The Bertz CT molecular complexity index is 1080. The lowest BCUT2D eigenvalue weighted by atomic mass is 10.0. The van der Waals surface area contributed by atoms with Crippen molar-refractivity contribution in [3.05, 3.63) is 94.5 Å². The summed E-state index contributed by atoms with van der Waals surface area (Å²) in [5, 5.41) is 4.79. The highest BCUT2D eigenvalue weighted by atomic mass is 79.9. The van der Waals surface area contributed by atoms with Gasteiger partial charge in [-0.15, -0.1) is 0 Å². The maximum absolute atomic E-state index is 3.64. The van der Waals surface area contributed by atoms with Crippen LogP contribution in [0.25, 0.3) is 21.5 Å². The van der Waals surface area contributed by atoms with Crippen molar-refractivity contribution in [1.82, 2.24) is 0 Å². The van der Waals surface area contributed by atoms with Crippen LogP contribution in [0, 0.1) is 11.8 Å². The molecule has 0 nitrogen and oxygen atoms in total. The predicted octanol–water partition coefficient (Wildman–Crippen LogP) is 6.16. The van der Waals surface area contributed by atoms with Crippen LogP contribution < -0.4 is 0 Å². The van der Waals surface area contributed by atoms with Crippen LogP contribution in [-0.4, -0.2) is 0 Å². The van der Waals surface area contributed by atoms with Crippen LogP contribution in [0.4, 0.5) is 0 Å². The van der Waals surface area contributed by atoms with Gasteiger partial charge in [-0.25, -0.2) is 0 Å². The molecule has 0 atom stereocenters. The molecular weight excluding hydrogens is 344 g/mol. The molecule has 0 radical (unpaired) electrons. The van der Waals surface area contributed by atoms with E-state index in [4.69, 9.17) is 0 Å². The minimum absolute atomic E-state index is 1.03. The van der Waals surface area contributed by atoms with Crippen molar-refractivity contribution < 1.29 is 0 Å². The molecule has 4 rings (SSSR count). The largest absolute Gasteiger partial charge is 0.0616 e. The second kappa shape index (κ2) is 5.91. The normalized spacial score (nSPS) is 10.5. The molecule has 0 aromatic heterocycles. The smallest absolute Gasteiger partial charge is 0.0469 e. The van der Waals surface area contributed by atoms with Crippen LogP contribution >= 0.6 is 15.9 Å². The second-order valence-electron chi connectivity index (χ2n) is 5.42. The number of hydrogen-bond donors (Lipinski definition) is 0.